The second kappa shape index (κ2) is 7.69. The number of halogens is 3. The minimum atomic E-state index is -4.50. The van der Waals surface area contributed by atoms with Crippen LogP contribution in [0.3, 0.4) is 0 Å². The number of pyridine rings is 1. The molecule has 0 spiro atoms. The minimum absolute atomic E-state index is 0.0796. The predicted octanol–water partition coefficient (Wildman–Crippen LogP) is 2.54. The second-order valence-corrected chi connectivity index (χ2v) is 7.36. The highest BCUT2D eigenvalue weighted by Crippen LogP contribution is 2.28. The standard InChI is InChI=1S/C17H24F3N3O3/c1-16(2,3)26-15(25)23-7-6-21-13(10-23)5-4-11-8-12(17(18,19)20)9-22-14(11)24/h8-9,13,21H,4-7,10H2,1-3H3,(H,22,24). The van der Waals surface area contributed by atoms with Crippen LogP contribution in [-0.4, -0.2) is 47.3 Å². The van der Waals surface area contributed by atoms with Gasteiger partial charge < -0.3 is 19.9 Å². The highest BCUT2D eigenvalue weighted by Gasteiger charge is 2.31. The van der Waals surface area contributed by atoms with Crippen molar-refractivity contribution in [2.45, 2.75) is 51.4 Å². The van der Waals surface area contributed by atoms with E-state index in [9.17, 15) is 22.8 Å². The smallest absolute Gasteiger partial charge is 0.417 e. The fraction of sp³-hybridized carbons (Fsp3) is 0.647. The molecule has 0 aromatic carbocycles. The third-order valence-electron chi connectivity index (χ3n) is 3.98. The molecule has 2 rings (SSSR count). The number of H-pyrrole nitrogens is 1. The molecule has 1 saturated heterocycles. The summed E-state index contributed by atoms with van der Waals surface area (Å²) in [6, 6.07) is 0.762. The molecule has 1 amide bonds. The van der Waals surface area contributed by atoms with E-state index in [1.807, 2.05) is 0 Å². The Kier molecular flexibility index (Phi) is 6.00. The van der Waals surface area contributed by atoms with E-state index >= 15 is 0 Å². The monoisotopic (exact) mass is 375 g/mol. The number of nitrogens with one attached hydrogen (secondary N) is 2. The van der Waals surface area contributed by atoms with Gasteiger partial charge in [-0.05, 0) is 39.7 Å². The summed E-state index contributed by atoms with van der Waals surface area (Å²) in [5, 5.41) is 3.22. The zero-order valence-corrected chi connectivity index (χ0v) is 15.1. The van der Waals surface area contributed by atoms with Gasteiger partial charge in [-0.2, -0.15) is 13.2 Å². The maximum absolute atomic E-state index is 12.8. The van der Waals surface area contributed by atoms with E-state index in [1.165, 1.54) is 0 Å². The van der Waals surface area contributed by atoms with Gasteiger partial charge in [0, 0.05) is 37.4 Å². The van der Waals surface area contributed by atoms with Crippen molar-refractivity contribution < 1.29 is 22.7 Å². The first kappa shape index (κ1) is 20.3. The van der Waals surface area contributed by atoms with Crippen molar-refractivity contribution >= 4 is 6.09 Å². The van der Waals surface area contributed by atoms with Crippen molar-refractivity contribution in [1.82, 2.24) is 15.2 Å². The number of aromatic amines is 1. The van der Waals surface area contributed by atoms with Gasteiger partial charge in [0.25, 0.3) is 5.56 Å². The molecular formula is C17H24F3N3O3. The molecule has 0 bridgehead atoms. The molecule has 26 heavy (non-hydrogen) atoms. The first-order chi connectivity index (χ1) is 12.0. The van der Waals surface area contributed by atoms with Gasteiger partial charge in [-0.15, -0.1) is 0 Å². The number of hydrogen-bond donors (Lipinski definition) is 2. The molecule has 2 N–H and O–H groups in total. The molecule has 146 valence electrons. The third kappa shape index (κ3) is 5.76. The first-order valence-electron chi connectivity index (χ1n) is 8.46. The summed E-state index contributed by atoms with van der Waals surface area (Å²) in [5.41, 5.74) is -1.92. The Morgan fingerprint density at radius 2 is 2.04 bits per heavy atom. The van der Waals surface area contributed by atoms with Crippen LogP contribution in [0.15, 0.2) is 17.1 Å². The van der Waals surface area contributed by atoms with Crippen LogP contribution in [0.5, 0.6) is 0 Å². The Labute approximate surface area is 149 Å². The van der Waals surface area contributed by atoms with Crippen LogP contribution in [0.25, 0.3) is 0 Å². The molecule has 1 aromatic heterocycles. The minimum Gasteiger partial charge on any atom is -0.444 e. The van der Waals surface area contributed by atoms with Crippen LogP contribution >= 0.6 is 0 Å². The van der Waals surface area contributed by atoms with E-state index in [2.05, 4.69) is 10.3 Å². The summed E-state index contributed by atoms with van der Waals surface area (Å²) >= 11 is 0. The fourth-order valence-electron chi connectivity index (χ4n) is 2.72. The number of amides is 1. The summed E-state index contributed by atoms with van der Waals surface area (Å²) in [5.74, 6) is 0. The molecule has 0 radical (unpaired) electrons. The highest BCUT2D eigenvalue weighted by atomic mass is 19.4. The van der Waals surface area contributed by atoms with Gasteiger partial charge in [-0.3, -0.25) is 4.79 Å². The molecule has 1 atom stereocenters. The molecule has 1 unspecified atom stereocenters. The molecule has 2 heterocycles. The van der Waals surface area contributed by atoms with Crippen molar-refractivity contribution in [1.29, 1.82) is 0 Å². The normalized spacial score (nSPS) is 18.7. The topological polar surface area (TPSA) is 74.4 Å². The average molecular weight is 375 g/mol. The van der Waals surface area contributed by atoms with Crippen LogP contribution in [-0.2, 0) is 17.3 Å². The van der Waals surface area contributed by atoms with Gasteiger partial charge in [0.2, 0.25) is 0 Å². The lowest BCUT2D eigenvalue weighted by Crippen LogP contribution is -2.53. The van der Waals surface area contributed by atoms with Crippen molar-refractivity contribution in [2.24, 2.45) is 0 Å². The number of ether oxygens (including phenoxy) is 1. The first-order valence-corrected chi connectivity index (χ1v) is 8.46. The molecule has 6 nitrogen and oxygen atoms in total. The van der Waals surface area contributed by atoms with Crippen LogP contribution in [0, 0.1) is 0 Å². The number of carbonyl (C=O) groups is 1. The number of alkyl halides is 3. The Bertz CT molecular complexity index is 695. The summed E-state index contributed by atoms with van der Waals surface area (Å²) in [6.45, 7) is 6.78. The highest BCUT2D eigenvalue weighted by molar-refractivity contribution is 5.68. The quantitative estimate of drug-likeness (QED) is 0.852. The van der Waals surface area contributed by atoms with Gasteiger partial charge in [-0.25, -0.2) is 4.79 Å². The number of hydrogen-bond acceptors (Lipinski definition) is 4. The summed E-state index contributed by atoms with van der Waals surface area (Å²) in [6.07, 6.45) is -3.63. The van der Waals surface area contributed by atoms with Gasteiger partial charge in [-0.1, -0.05) is 0 Å². The van der Waals surface area contributed by atoms with E-state index in [-0.39, 0.29) is 18.0 Å². The Morgan fingerprint density at radius 1 is 1.35 bits per heavy atom. The number of piperazine rings is 1. The predicted molar refractivity (Wildman–Crippen MR) is 90.0 cm³/mol. The lowest BCUT2D eigenvalue weighted by atomic mass is 10.0. The van der Waals surface area contributed by atoms with Gasteiger partial charge in [0.15, 0.2) is 0 Å². The third-order valence-corrected chi connectivity index (χ3v) is 3.98. The second-order valence-electron chi connectivity index (χ2n) is 7.36. The molecule has 1 aliphatic heterocycles. The number of rotatable bonds is 3. The number of nitrogens with zero attached hydrogens (tertiary/aromatic N) is 1. The molecule has 9 heteroatoms. The largest absolute Gasteiger partial charge is 0.444 e. The Balaban J connectivity index is 1.97. The van der Waals surface area contributed by atoms with Crippen LogP contribution < -0.4 is 10.9 Å². The van der Waals surface area contributed by atoms with E-state index in [4.69, 9.17) is 4.74 Å². The average Bonchev–Trinajstić information content (AvgIpc) is 2.51. The maximum Gasteiger partial charge on any atom is 0.417 e. The number of carbonyl (C=O) groups excluding carboxylic acids is 1. The number of aromatic nitrogens is 1. The van der Waals surface area contributed by atoms with Crippen LogP contribution in [0.1, 0.15) is 38.3 Å². The lowest BCUT2D eigenvalue weighted by Gasteiger charge is -2.35. The van der Waals surface area contributed by atoms with Gasteiger partial charge in [0.05, 0.1) is 5.56 Å². The maximum atomic E-state index is 12.8. The Morgan fingerprint density at radius 3 is 2.65 bits per heavy atom. The lowest BCUT2D eigenvalue weighted by molar-refractivity contribution is -0.137. The zero-order valence-electron chi connectivity index (χ0n) is 15.1. The summed E-state index contributed by atoms with van der Waals surface area (Å²) in [7, 11) is 0. The van der Waals surface area contributed by atoms with E-state index in [0.717, 1.165) is 6.07 Å². The molecule has 1 aromatic rings. The van der Waals surface area contributed by atoms with Crippen molar-refractivity contribution in [3.8, 4) is 0 Å². The molecular weight excluding hydrogens is 351 g/mol. The van der Waals surface area contributed by atoms with E-state index in [1.54, 1.807) is 25.7 Å². The van der Waals surface area contributed by atoms with Gasteiger partial charge in [0.1, 0.15) is 5.60 Å². The molecule has 1 fully saturated rings. The van der Waals surface area contributed by atoms with Crippen molar-refractivity contribution in [3.05, 3.63) is 33.7 Å². The number of aryl methyl sites for hydroxylation is 1. The van der Waals surface area contributed by atoms with Crippen molar-refractivity contribution in [2.75, 3.05) is 19.6 Å². The molecule has 0 saturated carbocycles. The molecule has 0 aliphatic carbocycles. The Hall–Kier alpha value is -2.03. The zero-order chi connectivity index (χ0) is 19.5. The van der Waals surface area contributed by atoms with E-state index < -0.39 is 29.0 Å². The van der Waals surface area contributed by atoms with Gasteiger partial charge >= 0.3 is 12.3 Å². The van der Waals surface area contributed by atoms with Crippen LogP contribution in [0.4, 0.5) is 18.0 Å². The molecule has 1 aliphatic rings. The van der Waals surface area contributed by atoms with E-state index in [0.29, 0.717) is 32.3 Å². The summed E-state index contributed by atoms with van der Waals surface area (Å²) in [4.78, 5) is 27.6. The summed E-state index contributed by atoms with van der Waals surface area (Å²) < 4.78 is 43.7. The van der Waals surface area contributed by atoms with Crippen molar-refractivity contribution in [3.63, 3.8) is 0 Å². The van der Waals surface area contributed by atoms with Crippen LogP contribution in [0.2, 0.25) is 0 Å². The SMILES string of the molecule is CC(C)(C)OC(=O)N1CCNC(CCc2cc(C(F)(F)F)c[nH]c2=O)C1. The fourth-order valence-corrected chi connectivity index (χ4v) is 2.72.